The van der Waals surface area contributed by atoms with Gasteiger partial charge in [0.25, 0.3) is 0 Å². The molecule has 1 aliphatic rings. The molecule has 0 radical (unpaired) electrons. The first-order valence-electron chi connectivity index (χ1n) is 6.95. The number of ether oxygens (including phenoxy) is 1. The predicted molar refractivity (Wildman–Crippen MR) is 79.6 cm³/mol. The number of hydrogen-bond donors (Lipinski definition) is 1. The smallest absolute Gasteiger partial charge is 0.0809 e. The van der Waals surface area contributed by atoms with Crippen molar-refractivity contribution in [3.05, 3.63) is 29.3 Å². The van der Waals surface area contributed by atoms with E-state index in [9.17, 15) is 0 Å². The number of fused-ring (bicyclic) bond motifs is 1. The van der Waals surface area contributed by atoms with Crippen LogP contribution in [0.2, 0.25) is 0 Å². The number of nitrogens with zero attached hydrogens (tertiary/aromatic N) is 1. The zero-order valence-electron chi connectivity index (χ0n) is 11.4. The summed E-state index contributed by atoms with van der Waals surface area (Å²) in [5.74, 6) is 0. The van der Waals surface area contributed by atoms with Gasteiger partial charge in [0.15, 0.2) is 0 Å². The molecule has 19 heavy (non-hydrogen) atoms. The Hall–Kier alpha value is -0.970. The number of thiophene rings is 1. The van der Waals surface area contributed by atoms with Gasteiger partial charge in [0.1, 0.15) is 0 Å². The van der Waals surface area contributed by atoms with E-state index in [-0.39, 0.29) is 0 Å². The van der Waals surface area contributed by atoms with Crippen molar-refractivity contribution in [1.29, 1.82) is 0 Å². The van der Waals surface area contributed by atoms with E-state index in [2.05, 4.69) is 41.7 Å². The lowest BCUT2D eigenvalue weighted by Gasteiger charge is -2.24. The maximum atomic E-state index is 5.73. The van der Waals surface area contributed by atoms with Crippen LogP contribution in [0.3, 0.4) is 0 Å². The third kappa shape index (κ3) is 2.81. The first kappa shape index (κ1) is 13.0. The van der Waals surface area contributed by atoms with E-state index in [0.29, 0.717) is 18.2 Å². The third-order valence-electron chi connectivity index (χ3n) is 3.86. The Bertz CT molecular complexity index is 548. The lowest BCUT2D eigenvalue weighted by Crippen LogP contribution is -2.38. The highest BCUT2D eigenvalue weighted by molar-refractivity contribution is 7.17. The fourth-order valence-electron chi connectivity index (χ4n) is 2.69. The largest absolute Gasteiger partial charge is 0.377 e. The molecule has 0 bridgehead atoms. The first-order valence-corrected chi connectivity index (χ1v) is 7.83. The van der Waals surface area contributed by atoms with E-state index in [0.717, 1.165) is 12.1 Å². The van der Waals surface area contributed by atoms with Crippen LogP contribution >= 0.6 is 11.3 Å². The van der Waals surface area contributed by atoms with Crippen molar-refractivity contribution in [2.24, 2.45) is 0 Å². The molecule has 3 atom stereocenters. The summed E-state index contributed by atoms with van der Waals surface area (Å²) in [5.41, 5.74) is 2.34. The summed E-state index contributed by atoms with van der Waals surface area (Å²) < 4.78 is 6.99. The van der Waals surface area contributed by atoms with Gasteiger partial charge in [-0.25, -0.2) is 0 Å². The van der Waals surface area contributed by atoms with Crippen LogP contribution in [0.1, 0.15) is 38.3 Å². The molecule has 1 aliphatic heterocycles. The Morgan fingerprint density at radius 1 is 1.47 bits per heavy atom. The number of hydrogen-bond acceptors (Lipinski definition) is 4. The average molecular weight is 276 g/mol. The molecule has 2 aromatic heterocycles. The second kappa shape index (κ2) is 5.57. The van der Waals surface area contributed by atoms with Gasteiger partial charge in [-0.05, 0) is 49.8 Å². The molecule has 0 aromatic carbocycles. The highest BCUT2D eigenvalue weighted by Gasteiger charge is 2.23. The van der Waals surface area contributed by atoms with Gasteiger partial charge in [-0.3, -0.25) is 4.98 Å². The minimum Gasteiger partial charge on any atom is -0.377 e. The topological polar surface area (TPSA) is 34.1 Å². The van der Waals surface area contributed by atoms with E-state index in [4.69, 9.17) is 4.74 Å². The van der Waals surface area contributed by atoms with Crippen LogP contribution in [-0.4, -0.2) is 23.7 Å². The van der Waals surface area contributed by atoms with E-state index in [1.165, 1.54) is 23.1 Å². The second-order valence-corrected chi connectivity index (χ2v) is 6.25. The van der Waals surface area contributed by atoms with Crippen LogP contribution in [0, 0.1) is 0 Å². The van der Waals surface area contributed by atoms with Gasteiger partial charge >= 0.3 is 0 Å². The first-order chi connectivity index (χ1) is 9.24. The summed E-state index contributed by atoms with van der Waals surface area (Å²) in [7, 11) is 0. The normalized spacial score (nSPS) is 22.7. The Balaban J connectivity index is 1.69. The van der Waals surface area contributed by atoms with Crippen molar-refractivity contribution in [2.45, 2.75) is 44.9 Å². The van der Waals surface area contributed by atoms with E-state index in [1.54, 1.807) is 11.3 Å². The van der Waals surface area contributed by atoms with E-state index >= 15 is 0 Å². The fraction of sp³-hybridized carbons (Fsp3) is 0.533. The maximum Gasteiger partial charge on any atom is 0.0809 e. The van der Waals surface area contributed by atoms with Gasteiger partial charge < -0.3 is 10.1 Å². The molecule has 3 heterocycles. The molecule has 1 fully saturated rings. The van der Waals surface area contributed by atoms with Crippen LogP contribution in [0.15, 0.2) is 23.7 Å². The quantitative estimate of drug-likeness (QED) is 0.928. The maximum absolute atomic E-state index is 5.73. The van der Waals surface area contributed by atoms with Gasteiger partial charge in [-0.1, -0.05) is 0 Å². The van der Waals surface area contributed by atoms with Crippen molar-refractivity contribution in [1.82, 2.24) is 10.3 Å². The highest BCUT2D eigenvalue weighted by atomic mass is 32.1. The molecular formula is C15H20N2OS. The zero-order chi connectivity index (χ0) is 13.2. The summed E-state index contributed by atoms with van der Waals surface area (Å²) in [6.07, 6.45) is 4.70. The third-order valence-corrected chi connectivity index (χ3v) is 4.71. The molecule has 1 N–H and O–H groups in total. The second-order valence-electron chi connectivity index (χ2n) is 5.30. The lowest BCUT2D eigenvalue weighted by atomic mass is 10.1. The lowest BCUT2D eigenvalue weighted by molar-refractivity contribution is 0.0804. The molecule has 0 saturated carbocycles. The molecule has 1 saturated heterocycles. The molecular weight excluding hydrogens is 256 g/mol. The van der Waals surface area contributed by atoms with Crippen molar-refractivity contribution >= 4 is 21.6 Å². The van der Waals surface area contributed by atoms with Gasteiger partial charge in [0.05, 0.1) is 16.3 Å². The van der Waals surface area contributed by atoms with Crippen LogP contribution in [0.25, 0.3) is 10.2 Å². The number of aromatic nitrogens is 1. The predicted octanol–water partition coefficient (Wildman–Crippen LogP) is 3.51. The molecule has 2 aromatic rings. The Kier molecular flexibility index (Phi) is 3.82. The minimum atomic E-state index is 0.304. The van der Waals surface area contributed by atoms with Crippen LogP contribution in [0.4, 0.5) is 0 Å². The van der Waals surface area contributed by atoms with Crippen molar-refractivity contribution in [3.8, 4) is 0 Å². The molecule has 102 valence electrons. The number of rotatable bonds is 4. The molecule has 0 amide bonds. The average Bonchev–Trinajstić information content (AvgIpc) is 3.09. The molecule has 3 rings (SSSR count). The van der Waals surface area contributed by atoms with Gasteiger partial charge in [-0.2, -0.15) is 0 Å². The SMILES string of the molecule is CC(NC(C)C1CCCO1)c1cnc2ccsc2c1. The molecule has 4 heteroatoms. The van der Waals surface area contributed by atoms with Crippen LogP contribution in [-0.2, 0) is 4.74 Å². The molecule has 3 nitrogen and oxygen atoms in total. The molecule has 3 unspecified atom stereocenters. The molecule has 0 aliphatic carbocycles. The zero-order valence-corrected chi connectivity index (χ0v) is 12.2. The monoisotopic (exact) mass is 276 g/mol. The van der Waals surface area contributed by atoms with E-state index < -0.39 is 0 Å². The van der Waals surface area contributed by atoms with Gasteiger partial charge in [-0.15, -0.1) is 11.3 Å². The Labute approximate surface area is 118 Å². The highest BCUT2D eigenvalue weighted by Crippen LogP contribution is 2.24. The number of pyridine rings is 1. The summed E-state index contributed by atoms with van der Waals surface area (Å²) in [5, 5.41) is 5.73. The molecule has 0 spiro atoms. The van der Waals surface area contributed by atoms with Crippen molar-refractivity contribution < 1.29 is 4.74 Å². The summed E-state index contributed by atoms with van der Waals surface area (Å²) in [6, 6.07) is 5.00. The minimum absolute atomic E-state index is 0.304. The number of nitrogens with one attached hydrogen (secondary N) is 1. The summed E-state index contributed by atoms with van der Waals surface area (Å²) in [4.78, 5) is 4.51. The van der Waals surface area contributed by atoms with Gasteiger partial charge in [0, 0.05) is 24.9 Å². The fourth-order valence-corrected chi connectivity index (χ4v) is 3.48. The Morgan fingerprint density at radius 2 is 2.37 bits per heavy atom. The van der Waals surface area contributed by atoms with Crippen molar-refractivity contribution in [3.63, 3.8) is 0 Å². The summed E-state index contributed by atoms with van der Waals surface area (Å²) >= 11 is 1.75. The van der Waals surface area contributed by atoms with E-state index in [1.807, 2.05) is 6.20 Å². The summed E-state index contributed by atoms with van der Waals surface area (Å²) in [6.45, 7) is 5.32. The van der Waals surface area contributed by atoms with Crippen LogP contribution < -0.4 is 5.32 Å². The van der Waals surface area contributed by atoms with Crippen LogP contribution in [0.5, 0.6) is 0 Å². The van der Waals surface area contributed by atoms with Crippen molar-refractivity contribution in [2.75, 3.05) is 6.61 Å². The Morgan fingerprint density at radius 3 is 3.16 bits per heavy atom. The van der Waals surface area contributed by atoms with Gasteiger partial charge in [0.2, 0.25) is 0 Å². The standard InChI is InChI=1S/C15H20N2OS/c1-10(17-11(2)14-4-3-6-18-14)12-8-15-13(16-9-12)5-7-19-15/h5,7-11,14,17H,3-4,6H2,1-2H3.